The molecule has 154 valence electrons. The fraction of sp³-hybridized carbons (Fsp3) is 0.360. The Morgan fingerprint density at radius 2 is 1.86 bits per heavy atom. The third-order valence-corrected chi connectivity index (χ3v) is 4.53. The molecule has 1 aromatic carbocycles. The summed E-state index contributed by atoms with van der Waals surface area (Å²) in [4.78, 5) is 16.6. The van der Waals surface area contributed by atoms with E-state index in [1.54, 1.807) is 0 Å². The van der Waals surface area contributed by atoms with Crippen molar-refractivity contribution in [1.82, 2.24) is 10.3 Å². The Balaban J connectivity index is 2.22. The van der Waals surface area contributed by atoms with Crippen molar-refractivity contribution in [2.45, 2.75) is 54.5 Å². The predicted molar refractivity (Wildman–Crippen MR) is 121 cm³/mol. The number of hydrogen-bond acceptors (Lipinski definition) is 3. The molecule has 0 saturated heterocycles. The Bertz CT molecular complexity index is 919. The first-order chi connectivity index (χ1) is 13.7. The molecule has 0 saturated carbocycles. The van der Waals surface area contributed by atoms with Gasteiger partial charge in [0.2, 0.25) is 11.8 Å². The van der Waals surface area contributed by atoms with E-state index < -0.39 is 0 Å². The summed E-state index contributed by atoms with van der Waals surface area (Å²) in [7, 11) is 0. The van der Waals surface area contributed by atoms with Gasteiger partial charge in [0.1, 0.15) is 6.61 Å². The average molecular weight is 393 g/mol. The van der Waals surface area contributed by atoms with Crippen LogP contribution in [0.25, 0.3) is 17.2 Å². The van der Waals surface area contributed by atoms with Crippen LogP contribution in [-0.2, 0) is 4.79 Å². The number of aromatic nitrogens is 1. The van der Waals surface area contributed by atoms with Gasteiger partial charge in [0.25, 0.3) is 0 Å². The first kappa shape index (κ1) is 22.4. The quantitative estimate of drug-likeness (QED) is 0.490. The lowest BCUT2D eigenvalue weighted by molar-refractivity contribution is -0.117. The second-order valence-corrected chi connectivity index (χ2v) is 7.96. The molecule has 0 aliphatic carbocycles. The van der Waals surface area contributed by atoms with Crippen LogP contribution < -0.4 is 10.1 Å². The van der Waals surface area contributed by atoms with Crippen molar-refractivity contribution in [2.75, 3.05) is 6.61 Å². The molecule has 2 rings (SSSR count). The Kier molecular flexibility index (Phi) is 7.77. The molecule has 0 fully saturated rings. The molecule has 29 heavy (non-hydrogen) atoms. The van der Waals surface area contributed by atoms with Crippen LogP contribution in [-0.4, -0.2) is 23.5 Å². The number of nitrogens with one attached hydrogen (secondary N) is 1. The van der Waals surface area contributed by atoms with Crippen LogP contribution in [0, 0.1) is 13.8 Å². The molecular weight excluding hydrogens is 360 g/mol. The van der Waals surface area contributed by atoms with E-state index in [0.717, 1.165) is 27.8 Å². The zero-order valence-corrected chi connectivity index (χ0v) is 18.6. The second kappa shape index (κ2) is 10.1. The van der Waals surface area contributed by atoms with Crippen molar-refractivity contribution >= 4 is 12.0 Å². The fourth-order valence-corrected chi connectivity index (χ4v) is 2.90. The van der Waals surface area contributed by atoms with E-state index in [2.05, 4.69) is 36.3 Å². The summed E-state index contributed by atoms with van der Waals surface area (Å²) < 4.78 is 5.64. The highest BCUT2D eigenvalue weighted by Crippen LogP contribution is 2.28. The van der Waals surface area contributed by atoms with Gasteiger partial charge in [-0.3, -0.25) is 4.79 Å². The van der Waals surface area contributed by atoms with E-state index in [1.807, 2.05) is 65.1 Å². The largest absolute Gasteiger partial charge is 0.473 e. The van der Waals surface area contributed by atoms with Crippen molar-refractivity contribution < 1.29 is 9.53 Å². The zero-order valence-electron chi connectivity index (χ0n) is 18.6. The standard InChI is InChI=1S/C25H32N2O2/c1-16(2)10-11-29-24-9-8-21(15-26-24)23-14-18(5)22(12-19(23)6)13-20(7)25(28)27-17(3)4/h8-10,12-15,17H,11H2,1-7H3,(H,27,28). The number of hydrogen-bond donors (Lipinski definition) is 1. The Labute approximate surface area is 174 Å². The summed E-state index contributed by atoms with van der Waals surface area (Å²) in [5.74, 6) is 0.584. The number of allylic oxidation sites excluding steroid dienone is 1. The maximum absolute atomic E-state index is 12.2. The van der Waals surface area contributed by atoms with Crippen LogP contribution in [0.5, 0.6) is 5.88 Å². The molecule has 0 aliphatic heterocycles. The maximum atomic E-state index is 12.2. The predicted octanol–water partition coefficient (Wildman–Crippen LogP) is 5.64. The molecule has 1 heterocycles. The molecule has 0 unspecified atom stereocenters. The lowest BCUT2D eigenvalue weighted by Crippen LogP contribution is -2.30. The normalized spacial score (nSPS) is 11.4. The van der Waals surface area contributed by atoms with Gasteiger partial charge in [-0.1, -0.05) is 17.7 Å². The number of benzene rings is 1. The first-order valence-electron chi connectivity index (χ1n) is 10.0. The number of amides is 1. The summed E-state index contributed by atoms with van der Waals surface area (Å²) in [5.41, 5.74) is 7.41. The van der Waals surface area contributed by atoms with Crippen LogP contribution >= 0.6 is 0 Å². The highest BCUT2D eigenvalue weighted by Gasteiger charge is 2.10. The van der Waals surface area contributed by atoms with Gasteiger partial charge in [-0.05, 0) is 88.9 Å². The molecule has 0 atom stereocenters. The highest BCUT2D eigenvalue weighted by atomic mass is 16.5. The third kappa shape index (κ3) is 6.60. The van der Waals surface area contributed by atoms with Gasteiger partial charge in [0.05, 0.1) is 0 Å². The van der Waals surface area contributed by atoms with Crippen molar-refractivity contribution in [2.24, 2.45) is 0 Å². The zero-order chi connectivity index (χ0) is 21.6. The van der Waals surface area contributed by atoms with Crippen molar-refractivity contribution in [1.29, 1.82) is 0 Å². The summed E-state index contributed by atoms with van der Waals surface area (Å²) in [6.45, 7) is 14.5. The number of carbonyl (C=O) groups is 1. The van der Waals surface area contributed by atoms with Crippen LogP contribution in [0.3, 0.4) is 0 Å². The molecule has 1 N–H and O–H groups in total. The molecule has 0 bridgehead atoms. The Morgan fingerprint density at radius 1 is 1.14 bits per heavy atom. The number of ether oxygens (including phenoxy) is 1. The highest BCUT2D eigenvalue weighted by molar-refractivity contribution is 5.97. The Hall–Kier alpha value is -2.88. The van der Waals surface area contributed by atoms with Crippen molar-refractivity contribution in [3.05, 3.63) is 64.4 Å². The lowest BCUT2D eigenvalue weighted by Gasteiger charge is -2.12. The SMILES string of the molecule is CC(C)=CCOc1ccc(-c2cc(C)c(C=C(C)C(=O)NC(C)C)cc2C)cn1. The van der Waals surface area contributed by atoms with Crippen LogP contribution in [0.15, 0.2) is 47.7 Å². The van der Waals surface area contributed by atoms with E-state index in [0.29, 0.717) is 18.1 Å². The molecule has 0 spiro atoms. The van der Waals surface area contributed by atoms with Gasteiger partial charge in [0, 0.05) is 29.4 Å². The Morgan fingerprint density at radius 3 is 2.45 bits per heavy atom. The van der Waals surface area contributed by atoms with Gasteiger partial charge < -0.3 is 10.1 Å². The second-order valence-electron chi connectivity index (χ2n) is 7.96. The molecule has 1 aromatic heterocycles. The van der Waals surface area contributed by atoms with Gasteiger partial charge >= 0.3 is 0 Å². The minimum absolute atomic E-state index is 0.0333. The fourth-order valence-electron chi connectivity index (χ4n) is 2.90. The van der Waals surface area contributed by atoms with E-state index in [1.165, 1.54) is 5.57 Å². The van der Waals surface area contributed by atoms with Crippen LogP contribution in [0.1, 0.15) is 51.3 Å². The molecule has 2 aromatic rings. The first-order valence-corrected chi connectivity index (χ1v) is 10.0. The average Bonchev–Trinajstić information content (AvgIpc) is 2.64. The summed E-state index contributed by atoms with van der Waals surface area (Å²) in [5, 5.41) is 2.93. The van der Waals surface area contributed by atoms with Gasteiger partial charge in [0.15, 0.2) is 0 Å². The third-order valence-electron chi connectivity index (χ3n) is 4.53. The molecule has 0 aliphatic rings. The maximum Gasteiger partial charge on any atom is 0.247 e. The smallest absolute Gasteiger partial charge is 0.247 e. The monoisotopic (exact) mass is 392 g/mol. The number of aryl methyl sites for hydroxylation is 2. The number of pyridine rings is 1. The minimum Gasteiger partial charge on any atom is -0.473 e. The molecular formula is C25H32N2O2. The number of rotatable bonds is 7. The topological polar surface area (TPSA) is 51.2 Å². The van der Waals surface area contributed by atoms with Gasteiger partial charge in [-0.2, -0.15) is 0 Å². The summed E-state index contributed by atoms with van der Waals surface area (Å²) >= 11 is 0. The molecule has 4 nitrogen and oxygen atoms in total. The van der Waals surface area contributed by atoms with E-state index in [4.69, 9.17) is 4.74 Å². The summed E-state index contributed by atoms with van der Waals surface area (Å²) in [6, 6.07) is 8.32. The van der Waals surface area contributed by atoms with E-state index >= 15 is 0 Å². The van der Waals surface area contributed by atoms with Crippen LogP contribution in [0.4, 0.5) is 0 Å². The molecule has 1 amide bonds. The van der Waals surface area contributed by atoms with Gasteiger partial charge in [-0.25, -0.2) is 4.98 Å². The number of carbonyl (C=O) groups excluding carboxylic acids is 1. The van der Waals surface area contributed by atoms with E-state index in [9.17, 15) is 4.79 Å². The van der Waals surface area contributed by atoms with Crippen LogP contribution in [0.2, 0.25) is 0 Å². The molecule has 0 radical (unpaired) electrons. The minimum atomic E-state index is -0.0333. The lowest BCUT2D eigenvalue weighted by atomic mass is 9.95. The van der Waals surface area contributed by atoms with E-state index in [-0.39, 0.29) is 11.9 Å². The molecule has 4 heteroatoms. The van der Waals surface area contributed by atoms with Gasteiger partial charge in [-0.15, -0.1) is 0 Å². The number of nitrogens with zero attached hydrogens (tertiary/aromatic N) is 1. The van der Waals surface area contributed by atoms with Crippen molar-refractivity contribution in [3.8, 4) is 17.0 Å². The van der Waals surface area contributed by atoms with Crippen molar-refractivity contribution in [3.63, 3.8) is 0 Å². The summed E-state index contributed by atoms with van der Waals surface area (Å²) in [6.07, 6.45) is 5.82.